The van der Waals surface area contributed by atoms with Crippen LogP contribution in [0.5, 0.6) is 0 Å². The Morgan fingerprint density at radius 3 is 2.68 bits per heavy atom. The van der Waals surface area contributed by atoms with Gasteiger partial charge in [0.15, 0.2) is 5.78 Å². The molecule has 0 aliphatic heterocycles. The molecule has 1 amide bonds. The molecule has 4 rings (SSSR count). The molecular weight excluding hydrogens is 274 g/mol. The lowest BCUT2D eigenvalue weighted by atomic mass is 9.94. The van der Waals surface area contributed by atoms with Crippen molar-refractivity contribution in [2.45, 2.75) is 19.8 Å². The molecule has 1 aliphatic rings. The van der Waals surface area contributed by atoms with Gasteiger partial charge in [0.1, 0.15) is 0 Å². The molecule has 0 aromatic heterocycles. The van der Waals surface area contributed by atoms with E-state index in [4.69, 9.17) is 0 Å². The van der Waals surface area contributed by atoms with Gasteiger partial charge in [0.25, 0.3) is 0 Å². The van der Waals surface area contributed by atoms with Gasteiger partial charge in [-0.3, -0.25) is 9.59 Å². The molecule has 0 heterocycles. The number of benzene rings is 3. The third-order valence-corrected chi connectivity index (χ3v) is 4.35. The summed E-state index contributed by atoms with van der Waals surface area (Å²) in [5.74, 6) is 0.0382. The molecule has 22 heavy (non-hydrogen) atoms. The van der Waals surface area contributed by atoms with Gasteiger partial charge in [-0.1, -0.05) is 36.4 Å². The van der Waals surface area contributed by atoms with E-state index >= 15 is 0 Å². The molecule has 3 aromatic rings. The van der Waals surface area contributed by atoms with E-state index in [9.17, 15) is 9.59 Å². The van der Waals surface area contributed by atoms with Crippen LogP contribution >= 0.6 is 0 Å². The summed E-state index contributed by atoms with van der Waals surface area (Å²) in [6.45, 7) is 1.49. The second-order valence-electron chi connectivity index (χ2n) is 5.76. The van der Waals surface area contributed by atoms with E-state index < -0.39 is 0 Å². The van der Waals surface area contributed by atoms with E-state index in [1.807, 2.05) is 18.2 Å². The molecule has 0 saturated heterocycles. The van der Waals surface area contributed by atoms with Crippen molar-refractivity contribution >= 4 is 38.9 Å². The summed E-state index contributed by atoms with van der Waals surface area (Å²) in [5.41, 5.74) is 2.60. The van der Waals surface area contributed by atoms with Crippen molar-refractivity contribution in [3.8, 4) is 0 Å². The zero-order chi connectivity index (χ0) is 15.3. The molecule has 3 heteroatoms. The fraction of sp³-hybridized carbons (Fsp3) is 0.158. The van der Waals surface area contributed by atoms with Crippen LogP contribution in [0, 0.1) is 0 Å². The lowest BCUT2D eigenvalue weighted by Gasteiger charge is -2.14. The maximum Gasteiger partial charge on any atom is 0.221 e. The van der Waals surface area contributed by atoms with Gasteiger partial charge in [0, 0.05) is 30.0 Å². The molecule has 3 nitrogen and oxygen atoms in total. The van der Waals surface area contributed by atoms with Gasteiger partial charge in [-0.25, -0.2) is 0 Å². The van der Waals surface area contributed by atoms with Gasteiger partial charge >= 0.3 is 0 Å². The summed E-state index contributed by atoms with van der Waals surface area (Å²) in [6, 6.07) is 14.1. The number of aryl methyl sites for hydroxylation is 1. The molecular formula is C19H15NO2. The second kappa shape index (κ2) is 4.67. The first-order valence-electron chi connectivity index (χ1n) is 7.43. The molecule has 1 N–H and O–H groups in total. The Balaban J connectivity index is 2.18. The van der Waals surface area contributed by atoms with Crippen LogP contribution < -0.4 is 5.32 Å². The zero-order valence-corrected chi connectivity index (χ0v) is 12.3. The van der Waals surface area contributed by atoms with Gasteiger partial charge in [-0.15, -0.1) is 0 Å². The molecule has 0 unspecified atom stereocenters. The number of ketones is 1. The largest absolute Gasteiger partial charge is 0.326 e. The van der Waals surface area contributed by atoms with E-state index in [0.717, 1.165) is 44.8 Å². The first-order chi connectivity index (χ1) is 10.6. The Labute approximate surface area is 127 Å². The molecule has 0 spiro atoms. The number of hydrogen-bond acceptors (Lipinski definition) is 2. The van der Waals surface area contributed by atoms with Crippen LogP contribution in [-0.2, 0) is 11.2 Å². The van der Waals surface area contributed by atoms with Crippen LogP contribution in [-0.4, -0.2) is 11.7 Å². The normalized spacial score (nSPS) is 13.6. The summed E-state index contributed by atoms with van der Waals surface area (Å²) < 4.78 is 0. The number of carbonyl (C=O) groups excluding carboxylic acids is 2. The highest BCUT2D eigenvalue weighted by molar-refractivity contribution is 6.20. The molecule has 108 valence electrons. The minimum Gasteiger partial charge on any atom is -0.326 e. The van der Waals surface area contributed by atoms with Crippen LogP contribution in [0.25, 0.3) is 21.5 Å². The minimum atomic E-state index is -0.125. The quantitative estimate of drug-likeness (QED) is 0.686. The highest BCUT2D eigenvalue weighted by atomic mass is 16.1. The summed E-state index contributed by atoms with van der Waals surface area (Å²) in [5, 5.41) is 7.24. The molecule has 1 aliphatic carbocycles. The van der Waals surface area contributed by atoms with Crippen molar-refractivity contribution in [2.24, 2.45) is 0 Å². The monoisotopic (exact) mass is 289 g/mol. The molecule has 0 saturated carbocycles. The van der Waals surface area contributed by atoms with E-state index in [1.165, 1.54) is 6.92 Å². The van der Waals surface area contributed by atoms with Crippen molar-refractivity contribution in [1.82, 2.24) is 0 Å². The van der Waals surface area contributed by atoms with E-state index in [0.29, 0.717) is 6.42 Å². The standard InChI is InChI=1S/C19H15NO2/c1-11(21)20-17-10-16-14(8-9-18(16)22)15-7-6-12-4-2-3-5-13(12)19(15)17/h2-7,10H,8-9H2,1H3,(H,20,21). The van der Waals surface area contributed by atoms with E-state index in [2.05, 4.69) is 29.6 Å². The highest BCUT2D eigenvalue weighted by Gasteiger charge is 2.24. The maximum absolute atomic E-state index is 12.1. The third-order valence-electron chi connectivity index (χ3n) is 4.35. The second-order valence-corrected chi connectivity index (χ2v) is 5.76. The summed E-state index contributed by atoms with van der Waals surface area (Å²) >= 11 is 0. The Morgan fingerprint density at radius 1 is 1.05 bits per heavy atom. The fourth-order valence-electron chi connectivity index (χ4n) is 3.44. The Morgan fingerprint density at radius 2 is 1.86 bits per heavy atom. The van der Waals surface area contributed by atoms with E-state index in [1.54, 1.807) is 0 Å². The molecule has 0 radical (unpaired) electrons. The van der Waals surface area contributed by atoms with Crippen molar-refractivity contribution < 1.29 is 9.59 Å². The average molecular weight is 289 g/mol. The van der Waals surface area contributed by atoms with Gasteiger partial charge in [-0.2, -0.15) is 0 Å². The predicted octanol–water partition coefficient (Wildman–Crippen LogP) is 4.08. The number of Topliss-reactive ketones (excluding diaryl/α,β-unsaturated/α-hetero) is 1. The Hall–Kier alpha value is -2.68. The van der Waals surface area contributed by atoms with Crippen LogP contribution in [0.4, 0.5) is 5.69 Å². The van der Waals surface area contributed by atoms with Crippen LogP contribution in [0.1, 0.15) is 29.3 Å². The Kier molecular flexibility index (Phi) is 2.76. The van der Waals surface area contributed by atoms with Gasteiger partial charge in [-0.05, 0) is 34.2 Å². The SMILES string of the molecule is CC(=O)Nc1cc2c(c3ccc4ccccc4c13)CCC2=O. The highest BCUT2D eigenvalue weighted by Crippen LogP contribution is 2.38. The smallest absolute Gasteiger partial charge is 0.221 e. The average Bonchev–Trinajstić information content (AvgIpc) is 2.88. The number of carbonyl (C=O) groups is 2. The zero-order valence-electron chi connectivity index (χ0n) is 12.3. The summed E-state index contributed by atoms with van der Waals surface area (Å²) in [6.07, 6.45) is 1.34. The van der Waals surface area contributed by atoms with Crippen molar-refractivity contribution in [3.63, 3.8) is 0 Å². The maximum atomic E-state index is 12.1. The Bertz CT molecular complexity index is 956. The van der Waals surface area contributed by atoms with Gasteiger partial charge in [0.2, 0.25) is 5.91 Å². The van der Waals surface area contributed by atoms with Crippen molar-refractivity contribution in [1.29, 1.82) is 0 Å². The molecule has 0 fully saturated rings. The number of amides is 1. The number of fused-ring (bicyclic) bond motifs is 5. The number of anilines is 1. The third kappa shape index (κ3) is 1.82. The molecule has 0 bridgehead atoms. The van der Waals surface area contributed by atoms with Crippen LogP contribution in [0.3, 0.4) is 0 Å². The first-order valence-corrected chi connectivity index (χ1v) is 7.43. The topological polar surface area (TPSA) is 46.2 Å². The van der Waals surface area contributed by atoms with Crippen LogP contribution in [0.15, 0.2) is 42.5 Å². The van der Waals surface area contributed by atoms with Crippen molar-refractivity contribution in [3.05, 3.63) is 53.6 Å². The predicted molar refractivity (Wildman–Crippen MR) is 88.4 cm³/mol. The van der Waals surface area contributed by atoms with Crippen molar-refractivity contribution in [2.75, 3.05) is 5.32 Å². The van der Waals surface area contributed by atoms with Gasteiger partial charge < -0.3 is 5.32 Å². The number of hydrogen-bond donors (Lipinski definition) is 1. The van der Waals surface area contributed by atoms with Crippen LogP contribution in [0.2, 0.25) is 0 Å². The molecule has 3 aromatic carbocycles. The lowest BCUT2D eigenvalue weighted by molar-refractivity contribution is -0.114. The lowest BCUT2D eigenvalue weighted by Crippen LogP contribution is -2.08. The molecule has 0 atom stereocenters. The summed E-state index contributed by atoms with van der Waals surface area (Å²) in [7, 11) is 0. The first kappa shape index (κ1) is 13.0. The number of rotatable bonds is 1. The number of nitrogens with one attached hydrogen (secondary N) is 1. The minimum absolute atomic E-state index is 0.125. The fourth-order valence-corrected chi connectivity index (χ4v) is 3.44. The summed E-state index contributed by atoms with van der Waals surface area (Å²) in [4.78, 5) is 23.7. The van der Waals surface area contributed by atoms with Gasteiger partial charge in [0.05, 0.1) is 0 Å². The van der Waals surface area contributed by atoms with E-state index in [-0.39, 0.29) is 11.7 Å².